The summed E-state index contributed by atoms with van der Waals surface area (Å²) in [5, 5.41) is 3.61. The van der Waals surface area contributed by atoms with Crippen LogP contribution in [0, 0.1) is 6.92 Å². The second-order valence-corrected chi connectivity index (χ2v) is 11.4. The standard InChI is InChI=1S/C15H18N2.C14H15ClN2.2CH4/c1-9-3-5-12-11(7-9)15-13(16-12)8-10-4-6-14(15)17(10)2;1-17-9-3-5-13(17)14-10-6-8(15)2-4-11(10)16-12(14)7-9;;/h3,5,7,10,14,16H,4,6,8H2,1-2H3;2,4,6,9,13,16H,3,5,7H2,1H3;2*1H4. The Hall–Kier alpha value is -2.27. The van der Waals surface area contributed by atoms with Gasteiger partial charge in [-0.3, -0.25) is 9.80 Å². The fraction of sp³-hybridized carbons (Fsp3) is 0.484. The van der Waals surface area contributed by atoms with Crippen molar-refractivity contribution in [1.82, 2.24) is 19.8 Å². The van der Waals surface area contributed by atoms with Crippen LogP contribution in [0.15, 0.2) is 36.4 Å². The van der Waals surface area contributed by atoms with E-state index in [1.165, 1.54) is 76.4 Å². The average Bonchev–Trinajstić information content (AvgIpc) is 3.48. The number of aromatic nitrogens is 2. The second kappa shape index (κ2) is 9.24. The van der Waals surface area contributed by atoms with Crippen molar-refractivity contribution in [3.8, 4) is 0 Å². The van der Waals surface area contributed by atoms with Crippen LogP contribution < -0.4 is 0 Å². The molecule has 4 aliphatic rings. The molecule has 0 aliphatic carbocycles. The van der Waals surface area contributed by atoms with Gasteiger partial charge in [0.2, 0.25) is 0 Å². The highest BCUT2D eigenvalue weighted by molar-refractivity contribution is 6.31. The van der Waals surface area contributed by atoms with Crippen molar-refractivity contribution in [1.29, 1.82) is 0 Å². The van der Waals surface area contributed by atoms with Gasteiger partial charge in [0.15, 0.2) is 0 Å². The maximum absolute atomic E-state index is 6.13. The third-order valence-electron chi connectivity index (χ3n) is 9.19. The van der Waals surface area contributed by atoms with Gasteiger partial charge in [-0.15, -0.1) is 0 Å². The summed E-state index contributed by atoms with van der Waals surface area (Å²) in [4.78, 5) is 12.3. The molecule has 8 rings (SSSR count). The van der Waals surface area contributed by atoms with E-state index in [1.807, 2.05) is 6.07 Å². The Morgan fingerprint density at radius 3 is 1.78 bits per heavy atom. The van der Waals surface area contributed by atoms with Gasteiger partial charge in [0.05, 0.1) is 0 Å². The van der Waals surface area contributed by atoms with Crippen molar-refractivity contribution >= 4 is 33.4 Å². The van der Waals surface area contributed by atoms with Crippen LogP contribution in [-0.2, 0) is 12.8 Å². The first kappa shape index (κ1) is 25.4. The summed E-state index contributed by atoms with van der Waals surface area (Å²) in [6.45, 7) is 2.18. The minimum absolute atomic E-state index is 0. The molecule has 2 saturated heterocycles. The zero-order chi connectivity index (χ0) is 23.1. The molecule has 4 aromatic rings. The van der Waals surface area contributed by atoms with Crippen LogP contribution in [0.4, 0.5) is 0 Å². The number of halogens is 1. The summed E-state index contributed by atoms with van der Waals surface area (Å²) < 4.78 is 0. The van der Waals surface area contributed by atoms with Crippen LogP contribution in [-0.4, -0.2) is 45.9 Å². The molecule has 4 unspecified atom stereocenters. The summed E-state index contributed by atoms with van der Waals surface area (Å²) in [5.74, 6) is 0. The minimum atomic E-state index is 0. The number of hydrogen-bond donors (Lipinski definition) is 2. The van der Waals surface area contributed by atoms with Gasteiger partial charge in [-0.2, -0.15) is 0 Å². The third-order valence-corrected chi connectivity index (χ3v) is 9.42. The van der Waals surface area contributed by atoms with Crippen LogP contribution in [0.2, 0.25) is 5.02 Å². The monoisotopic (exact) mass is 504 g/mol. The quantitative estimate of drug-likeness (QED) is 0.255. The van der Waals surface area contributed by atoms with Crippen molar-refractivity contribution in [2.24, 2.45) is 0 Å². The second-order valence-electron chi connectivity index (χ2n) is 11.0. The van der Waals surface area contributed by atoms with Gasteiger partial charge in [0.1, 0.15) is 0 Å². The summed E-state index contributed by atoms with van der Waals surface area (Å²) in [6, 6.07) is 15.7. The number of aromatic amines is 2. The summed E-state index contributed by atoms with van der Waals surface area (Å²) >= 11 is 6.13. The summed E-state index contributed by atoms with van der Waals surface area (Å²) in [6.07, 6.45) is 7.66. The van der Waals surface area contributed by atoms with Crippen molar-refractivity contribution in [3.05, 3.63) is 69.5 Å². The number of benzene rings is 2. The number of H-pyrrole nitrogens is 2. The fourth-order valence-corrected chi connectivity index (χ4v) is 7.56. The molecule has 2 N–H and O–H groups in total. The highest BCUT2D eigenvalue weighted by Gasteiger charge is 2.40. The van der Waals surface area contributed by atoms with E-state index in [-0.39, 0.29) is 14.9 Å². The number of hydrogen-bond acceptors (Lipinski definition) is 2. The lowest BCUT2D eigenvalue weighted by molar-refractivity contribution is 0.224. The lowest BCUT2D eigenvalue weighted by Gasteiger charge is -2.31. The molecule has 36 heavy (non-hydrogen) atoms. The first-order valence-electron chi connectivity index (χ1n) is 12.8. The Balaban J connectivity index is 0.000000140. The molecule has 4 aliphatic heterocycles. The smallest absolute Gasteiger partial charge is 0.0460 e. The van der Waals surface area contributed by atoms with Crippen LogP contribution in [0.5, 0.6) is 0 Å². The maximum Gasteiger partial charge on any atom is 0.0460 e. The normalized spacial score (nSPS) is 26.1. The van der Waals surface area contributed by atoms with Crippen LogP contribution >= 0.6 is 11.6 Å². The summed E-state index contributed by atoms with van der Waals surface area (Å²) in [7, 11) is 4.55. The van der Waals surface area contributed by atoms with Gasteiger partial charge in [0.25, 0.3) is 0 Å². The molecule has 5 heteroatoms. The van der Waals surface area contributed by atoms with Crippen molar-refractivity contribution in [2.45, 2.75) is 84.5 Å². The van der Waals surface area contributed by atoms with Gasteiger partial charge in [-0.05, 0) is 88.2 Å². The minimum Gasteiger partial charge on any atom is -0.358 e. The zero-order valence-corrected chi connectivity index (χ0v) is 21.0. The Labute approximate surface area is 221 Å². The molecular formula is C31H41ClN4. The topological polar surface area (TPSA) is 38.1 Å². The van der Waals surface area contributed by atoms with Gasteiger partial charge >= 0.3 is 0 Å². The van der Waals surface area contributed by atoms with Crippen molar-refractivity contribution in [2.75, 3.05) is 14.1 Å². The van der Waals surface area contributed by atoms with E-state index in [2.05, 4.69) is 71.1 Å². The van der Waals surface area contributed by atoms with E-state index in [9.17, 15) is 0 Å². The van der Waals surface area contributed by atoms with Gasteiger partial charge in [-0.1, -0.05) is 38.1 Å². The molecule has 2 fully saturated rings. The summed E-state index contributed by atoms with van der Waals surface area (Å²) in [5.41, 5.74) is 9.94. The third kappa shape index (κ3) is 3.72. The number of likely N-dealkylation sites (N-methyl/N-ethyl adjacent to an activating group) is 2. The molecule has 4 atom stereocenters. The maximum atomic E-state index is 6.13. The van der Waals surface area contributed by atoms with E-state index in [0.717, 1.165) is 23.5 Å². The van der Waals surface area contributed by atoms with Gasteiger partial charge < -0.3 is 9.97 Å². The van der Waals surface area contributed by atoms with E-state index < -0.39 is 0 Å². The zero-order valence-electron chi connectivity index (χ0n) is 20.3. The Bertz CT molecular complexity index is 1310. The first-order valence-corrected chi connectivity index (χ1v) is 13.2. The largest absolute Gasteiger partial charge is 0.358 e. The molecule has 2 aromatic heterocycles. The van der Waals surface area contributed by atoms with E-state index in [4.69, 9.17) is 11.6 Å². The molecular weight excluding hydrogens is 464 g/mol. The number of nitrogens with zero attached hydrogens (tertiary/aromatic N) is 2. The Kier molecular flexibility index (Phi) is 6.51. The van der Waals surface area contributed by atoms with E-state index >= 15 is 0 Å². The highest BCUT2D eigenvalue weighted by Crippen LogP contribution is 2.46. The first-order chi connectivity index (χ1) is 16.5. The molecule has 4 bridgehead atoms. The van der Waals surface area contributed by atoms with Crippen LogP contribution in [0.3, 0.4) is 0 Å². The number of aryl methyl sites for hydroxylation is 1. The van der Waals surface area contributed by atoms with E-state index in [0.29, 0.717) is 12.1 Å². The molecule has 0 amide bonds. The predicted molar refractivity (Wildman–Crippen MR) is 154 cm³/mol. The highest BCUT2D eigenvalue weighted by atomic mass is 35.5. The molecule has 192 valence electrons. The SMILES string of the molecule is C.C.CN1C2CCC1c1c([nH]c3ccc(Cl)cc13)C2.Cc1ccc2[nH]c3c(c2c1)C1CCC(C3)N1C. The predicted octanol–water partition coefficient (Wildman–Crippen LogP) is 7.95. The molecule has 0 radical (unpaired) electrons. The van der Waals surface area contributed by atoms with Crippen LogP contribution in [0.1, 0.15) is 80.7 Å². The van der Waals surface area contributed by atoms with E-state index in [1.54, 1.807) is 5.56 Å². The molecule has 6 heterocycles. The average molecular weight is 505 g/mol. The van der Waals surface area contributed by atoms with Gasteiger partial charge in [-0.25, -0.2) is 0 Å². The Morgan fingerprint density at radius 1 is 0.722 bits per heavy atom. The number of rotatable bonds is 0. The molecule has 0 saturated carbocycles. The number of nitrogens with one attached hydrogen (secondary N) is 2. The fourth-order valence-electron chi connectivity index (χ4n) is 7.39. The number of fused-ring (bicyclic) bond motifs is 12. The van der Waals surface area contributed by atoms with Crippen molar-refractivity contribution < 1.29 is 0 Å². The lowest BCUT2D eigenvalue weighted by Crippen LogP contribution is -2.33. The molecule has 2 aromatic carbocycles. The molecule has 4 nitrogen and oxygen atoms in total. The van der Waals surface area contributed by atoms with Crippen molar-refractivity contribution in [3.63, 3.8) is 0 Å². The van der Waals surface area contributed by atoms with Gasteiger partial charge in [0, 0.05) is 75.2 Å². The lowest BCUT2D eigenvalue weighted by atomic mass is 9.97. The van der Waals surface area contributed by atoms with Crippen LogP contribution in [0.25, 0.3) is 21.8 Å². The molecule has 0 spiro atoms. The Morgan fingerprint density at radius 2 is 1.22 bits per heavy atom.